The van der Waals surface area contributed by atoms with E-state index in [-0.39, 0.29) is 5.78 Å². The number of carbonyl (C=O) groups is 1. The molecule has 2 rings (SSSR count). The summed E-state index contributed by atoms with van der Waals surface area (Å²) in [5.41, 5.74) is 0.579. The van der Waals surface area contributed by atoms with Gasteiger partial charge in [-0.15, -0.1) is 0 Å². The Morgan fingerprint density at radius 1 is 1.33 bits per heavy atom. The average molecular weight is 260 g/mol. The molecule has 0 N–H and O–H groups in total. The summed E-state index contributed by atoms with van der Waals surface area (Å²) < 4.78 is 5.21. The maximum atomic E-state index is 11.7. The van der Waals surface area contributed by atoms with Gasteiger partial charge in [0.05, 0.1) is 18.9 Å². The van der Waals surface area contributed by atoms with E-state index in [4.69, 9.17) is 4.74 Å². The minimum absolute atomic E-state index is 0.0289. The Kier molecular flexibility index (Phi) is 3.94. The van der Waals surface area contributed by atoms with Crippen LogP contribution in [0, 0.1) is 0 Å². The summed E-state index contributed by atoms with van der Waals surface area (Å²) in [4.78, 5) is 20.7. The van der Waals surface area contributed by atoms with Gasteiger partial charge in [0.2, 0.25) is 0 Å². The van der Waals surface area contributed by atoms with Gasteiger partial charge < -0.3 is 4.74 Å². The predicted octanol–water partition coefficient (Wildman–Crippen LogP) is 2.84. The van der Waals surface area contributed by atoms with E-state index in [1.165, 1.54) is 18.7 Å². The van der Waals surface area contributed by atoms with Gasteiger partial charge in [-0.3, -0.25) is 9.78 Å². The molecule has 4 nitrogen and oxygen atoms in total. The number of aromatic nitrogens is 2. The number of methoxy groups -OCH3 is 1. The summed E-state index contributed by atoms with van der Waals surface area (Å²) in [6, 6.07) is 5.50. The van der Waals surface area contributed by atoms with E-state index < -0.39 is 0 Å². The summed E-state index contributed by atoms with van der Waals surface area (Å²) in [7, 11) is 1.55. The van der Waals surface area contributed by atoms with Crippen molar-refractivity contribution in [3.05, 3.63) is 42.4 Å². The second-order valence-corrected chi connectivity index (χ2v) is 4.60. The number of Topliss-reactive ketones (excluding diaryl/α,β-unsaturated/α-hetero) is 1. The van der Waals surface area contributed by atoms with Crippen LogP contribution in [0.25, 0.3) is 0 Å². The Morgan fingerprint density at radius 2 is 2.17 bits per heavy atom. The summed E-state index contributed by atoms with van der Waals surface area (Å²) >= 11 is 1.40. The lowest BCUT2D eigenvalue weighted by Gasteiger charge is -2.10. The summed E-state index contributed by atoms with van der Waals surface area (Å²) in [5, 5.41) is 0.744. The van der Waals surface area contributed by atoms with Crippen molar-refractivity contribution in [3.63, 3.8) is 0 Å². The van der Waals surface area contributed by atoms with Crippen LogP contribution in [-0.2, 0) is 0 Å². The second kappa shape index (κ2) is 5.64. The number of ketones is 1. The van der Waals surface area contributed by atoms with E-state index >= 15 is 0 Å². The molecule has 0 amide bonds. The molecule has 0 unspecified atom stereocenters. The lowest BCUT2D eigenvalue weighted by molar-refractivity contribution is 0.101. The highest BCUT2D eigenvalue weighted by Gasteiger charge is 2.14. The molecule has 1 aromatic carbocycles. The first-order valence-electron chi connectivity index (χ1n) is 5.34. The van der Waals surface area contributed by atoms with Gasteiger partial charge in [-0.05, 0) is 19.1 Å². The Bertz CT molecular complexity index is 558. The minimum Gasteiger partial charge on any atom is -0.496 e. The number of ether oxygens (including phenoxy) is 1. The van der Waals surface area contributed by atoms with Crippen LogP contribution in [0.15, 0.2) is 46.7 Å². The molecule has 0 aliphatic heterocycles. The van der Waals surface area contributed by atoms with Crippen LogP contribution in [0.5, 0.6) is 5.75 Å². The molecule has 5 heteroatoms. The van der Waals surface area contributed by atoms with Crippen LogP contribution in [0.4, 0.5) is 0 Å². The molecule has 1 heterocycles. The monoisotopic (exact) mass is 260 g/mol. The highest BCUT2D eigenvalue weighted by Crippen LogP contribution is 2.33. The fraction of sp³-hybridized carbons (Fsp3) is 0.154. The zero-order chi connectivity index (χ0) is 13.0. The van der Waals surface area contributed by atoms with Crippen LogP contribution in [0.2, 0.25) is 0 Å². The van der Waals surface area contributed by atoms with E-state index in [0.29, 0.717) is 11.3 Å². The van der Waals surface area contributed by atoms with Gasteiger partial charge in [0.1, 0.15) is 10.8 Å². The molecule has 92 valence electrons. The molecule has 2 aromatic rings. The lowest BCUT2D eigenvalue weighted by atomic mass is 10.1. The zero-order valence-electron chi connectivity index (χ0n) is 10.1. The largest absolute Gasteiger partial charge is 0.496 e. The molecule has 0 radical (unpaired) electrons. The highest BCUT2D eigenvalue weighted by molar-refractivity contribution is 7.99. The maximum absolute atomic E-state index is 11.7. The van der Waals surface area contributed by atoms with Gasteiger partial charge in [-0.2, -0.15) is 0 Å². The Hall–Kier alpha value is -1.88. The molecule has 1 aromatic heterocycles. The molecular formula is C13H12N2O2S. The fourth-order valence-electron chi connectivity index (χ4n) is 1.56. The molecule has 0 spiro atoms. The first kappa shape index (κ1) is 12.6. The van der Waals surface area contributed by atoms with Gasteiger partial charge in [0, 0.05) is 17.3 Å². The van der Waals surface area contributed by atoms with Crippen molar-refractivity contribution in [2.45, 2.75) is 16.8 Å². The standard InChI is InChI=1S/C13H12N2O2S/c1-9(16)13-10(17-2)4-3-5-11(13)18-12-8-14-6-7-15-12/h3-8H,1-2H3. The molecule has 0 atom stereocenters. The first-order valence-corrected chi connectivity index (χ1v) is 6.16. The molecule has 0 saturated heterocycles. The van der Waals surface area contributed by atoms with E-state index in [2.05, 4.69) is 9.97 Å². The highest BCUT2D eigenvalue weighted by atomic mass is 32.2. The lowest BCUT2D eigenvalue weighted by Crippen LogP contribution is -2.00. The van der Waals surface area contributed by atoms with Gasteiger partial charge >= 0.3 is 0 Å². The number of hydrogen-bond donors (Lipinski definition) is 0. The molecule has 0 fully saturated rings. The predicted molar refractivity (Wildman–Crippen MR) is 69.2 cm³/mol. The maximum Gasteiger partial charge on any atom is 0.164 e. The summed E-state index contributed by atoms with van der Waals surface area (Å²) in [6.07, 6.45) is 4.89. The molecule has 0 saturated carbocycles. The third kappa shape index (κ3) is 2.68. The summed E-state index contributed by atoms with van der Waals surface area (Å²) in [5.74, 6) is 0.551. The van der Waals surface area contributed by atoms with E-state index in [1.807, 2.05) is 12.1 Å². The second-order valence-electron chi connectivity index (χ2n) is 3.54. The molecular weight excluding hydrogens is 248 g/mol. The van der Waals surface area contributed by atoms with Crippen molar-refractivity contribution in [2.24, 2.45) is 0 Å². The number of hydrogen-bond acceptors (Lipinski definition) is 5. The van der Waals surface area contributed by atoms with Crippen molar-refractivity contribution < 1.29 is 9.53 Å². The van der Waals surface area contributed by atoms with Gasteiger partial charge in [0.15, 0.2) is 5.78 Å². The first-order chi connectivity index (χ1) is 8.72. The Balaban J connectivity index is 2.42. The number of carbonyl (C=O) groups excluding carboxylic acids is 1. The Morgan fingerprint density at radius 3 is 2.78 bits per heavy atom. The van der Waals surface area contributed by atoms with Crippen LogP contribution < -0.4 is 4.74 Å². The van der Waals surface area contributed by atoms with Crippen LogP contribution in [-0.4, -0.2) is 22.9 Å². The quantitative estimate of drug-likeness (QED) is 0.791. The third-order valence-corrected chi connectivity index (χ3v) is 3.29. The van der Waals surface area contributed by atoms with Crippen LogP contribution in [0.3, 0.4) is 0 Å². The average Bonchev–Trinajstić information content (AvgIpc) is 2.39. The number of nitrogens with zero attached hydrogens (tertiary/aromatic N) is 2. The van der Waals surface area contributed by atoms with Crippen LogP contribution in [0.1, 0.15) is 17.3 Å². The Labute approximate surface area is 109 Å². The zero-order valence-corrected chi connectivity index (χ0v) is 10.9. The molecule has 18 heavy (non-hydrogen) atoms. The van der Waals surface area contributed by atoms with Crippen molar-refractivity contribution in [1.29, 1.82) is 0 Å². The van der Waals surface area contributed by atoms with E-state index in [1.54, 1.807) is 31.8 Å². The molecule has 0 bridgehead atoms. The summed E-state index contributed by atoms with van der Waals surface area (Å²) in [6.45, 7) is 1.53. The van der Waals surface area contributed by atoms with Gasteiger partial charge in [0.25, 0.3) is 0 Å². The number of rotatable bonds is 4. The SMILES string of the molecule is COc1cccc(Sc2cnccn2)c1C(C)=O. The molecule has 0 aliphatic carbocycles. The molecule has 0 aliphatic rings. The van der Waals surface area contributed by atoms with Crippen molar-refractivity contribution in [2.75, 3.05) is 7.11 Å². The smallest absolute Gasteiger partial charge is 0.164 e. The van der Waals surface area contributed by atoms with E-state index in [9.17, 15) is 4.79 Å². The normalized spacial score (nSPS) is 10.1. The topological polar surface area (TPSA) is 52.1 Å². The van der Waals surface area contributed by atoms with Crippen molar-refractivity contribution in [3.8, 4) is 5.75 Å². The van der Waals surface area contributed by atoms with Crippen molar-refractivity contribution >= 4 is 17.5 Å². The van der Waals surface area contributed by atoms with Crippen molar-refractivity contribution in [1.82, 2.24) is 9.97 Å². The van der Waals surface area contributed by atoms with E-state index in [0.717, 1.165) is 9.92 Å². The van der Waals surface area contributed by atoms with Gasteiger partial charge in [-0.1, -0.05) is 17.8 Å². The fourth-order valence-corrected chi connectivity index (χ4v) is 2.51. The minimum atomic E-state index is -0.0289. The van der Waals surface area contributed by atoms with Crippen LogP contribution >= 0.6 is 11.8 Å². The van der Waals surface area contributed by atoms with Gasteiger partial charge in [-0.25, -0.2) is 4.98 Å². The number of benzene rings is 1. The third-order valence-electron chi connectivity index (χ3n) is 2.31.